The molecule has 17 heavy (non-hydrogen) atoms. The molecule has 0 atom stereocenters. The zero-order valence-corrected chi connectivity index (χ0v) is 10.1. The van der Waals surface area contributed by atoms with Gasteiger partial charge in [-0.05, 0) is 18.4 Å². The van der Waals surface area contributed by atoms with Crippen molar-refractivity contribution in [3.8, 4) is 0 Å². The largest absolute Gasteiger partial charge is 0.396 e. The lowest BCUT2D eigenvalue weighted by Crippen LogP contribution is -2.37. The van der Waals surface area contributed by atoms with Crippen LogP contribution in [0.3, 0.4) is 0 Å². The second-order valence-corrected chi connectivity index (χ2v) is 4.75. The van der Waals surface area contributed by atoms with Gasteiger partial charge in [-0.2, -0.15) is 0 Å². The average molecular weight is 236 g/mol. The molecule has 0 radical (unpaired) electrons. The lowest BCUT2D eigenvalue weighted by atomic mass is 9.82. The summed E-state index contributed by atoms with van der Waals surface area (Å²) in [7, 11) is 0. The molecule has 1 fully saturated rings. The van der Waals surface area contributed by atoms with Crippen LogP contribution in [-0.4, -0.2) is 31.5 Å². The number of benzene rings is 1. The van der Waals surface area contributed by atoms with Crippen LogP contribution in [0.25, 0.3) is 0 Å². The first-order valence-corrected chi connectivity index (χ1v) is 6.15. The Bertz CT molecular complexity index is 317. The van der Waals surface area contributed by atoms with E-state index in [0.717, 1.165) is 26.1 Å². The maximum Gasteiger partial charge on any atom is 0.0717 e. The zero-order valence-electron chi connectivity index (χ0n) is 10.1. The van der Waals surface area contributed by atoms with E-state index in [9.17, 15) is 5.11 Å². The first kappa shape index (κ1) is 12.6. The van der Waals surface area contributed by atoms with Crippen LogP contribution in [0.4, 0.5) is 0 Å². The summed E-state index contributed by atoms with van der Waals surface area (Å²) in [4.78, 5) is 0. The maximum atomic E-state index is 9.50. The quantitative estimate of drug-likeness (QED) is 0.849. The molecule has 1 aliphatic heterocycles. The summed E-state index contributed by atoms with van der Waals surface area (Å²) in [6.45, 7) is 2.88. The first-order chi connectivity index (χ1) is 8.35. The standard InChI is InChI=1S/C14H20O3/c15-11-14(6-8-16-9-7-14)12-17-10-13-4-2-1-3-5-13/h1-5,15H,6-12H2. The van der Waals surface area contributed by atoms with Crippen molar-refractivity contribution in [2.75, 3.05) is 26.4 Å². The lowest BCUT2D eigenvalue weighted by Gasteiger charge is -2.35. The highest BCUT2D eigenvalue weighted by molar-refractivity contribution is 5.13. The number of hydrogen-bond acceptors (Lipinski definition) is 3. The normalized spacial score (nSPS) is 19.1. The van der Waals surface area contributed by atoms with Crippen molar-refractivity contribution in [3.63, 3.8) is 0 Å². The minimum atomic E-state index is -0.0902. The molecule has 0 aromatic heterocycles. The van der Waals surface area contributed by atoms with Gasteiger partial charge in [-0.1, -0.05) is 30.3 Å². The minimum Gasteiger partial charge on any atom is -0.396 e. The first-order valence-electron chi connectivity index (χ1n) is 6.15. The fourth-order valence-electron chi connectivity index (χ4n) is 2.11. The van der Waals surface area contributed by atoms with Gasteiger partial charge in [0.05, 0.1) is 19.8 Å². The summed E-state index contributed by atoms with van der Waals surface area (Å²) in [5.74, 6) is 0. The summed E-state index contributed by atoms with van der Waals surface area (Å²) < 4.78 is 11.1. The van der Waals surface area contributed by atoms with Crippen molar-refractivity contribution in [1.82, 2.24) is 0 Å². The minimum absolute atomic E-state index is 0.0902. The number of rotatable bonds is 5. The predicted molar refractivity (Wildman–Crippen MR) is 65.7 cm³/mol. The van der Waals surface area contributed by atoms with E-state index in [1.54, 1.807) is 0 Å². The van der Waals surface area contributed by atoms with Gasteiger partial charge < -0.3 is 14.6 Å². The molecule has 0 bridgehead atoms. The number of ether oxygens (including phenoxy) is 2. The van der Waals surface area contributed by atoms with E-state index in [2.05, 4.69) is 12.1 Å². The number of aliphatic hydroxyl groups is 1. The SMILES string of the molecule is OCC1(COCc2ccccc2)CCOCC1. The monoisotopic (exact) mass is 236 g/mol. The van der Waals surface area contributed by atoms with Gasteiger partial charge in [-0.15, -0.1) is 0 Å². The smallest absolute Gasteiger partial charge is 0.0717 e. The second-order valence-electron chi connectivity index (χ2n) is 4.75. The molecular weight excluding hydrogens is 216 g/mol. The Balaban J connectivity index is 1.80. The highest BCUT2D eigenvalue weighted by Gasteiger charge is 2.32. The van der Waals surface area contributed by atoms with Gasteiger partial charge in [0.2, 0.25) is 0 Å². The molecule has 0 saturated carbocycles. The molecule has 1 aromatic carbocycles. The molecule has 94 valence electrons. The Labute approximate surface area is 102 Å². The third-order valence-electron chi connectivity index (χ3n) is 3.41. The maximum absolute atomic E-state index is 9.50. The Morgan fingerprint density at radius 2 is 1.88 bits per heavy atom. The van der Waals surface area contributed by atoms with Crippen molar-refractivity contribution in [3.05, 3.63) is 35.9 Å². The van der Waals surface area contributed by atoms with Gasteiger partial charge in [0.25, 0.3) is 0 Å². The van der Waals surface area contributed by atoms with Crippen LogP contribution in [0.15, 0.2) is 30.3 Å². The predicted octanol–water partition coefficient (Wildman–Crippen LogP) is 1.99. The summed E-state index contributed by atoms with van der Waals surface area (Å²) in [5, 5.41) is 9.50. The van der Waals surface area contributed by atoms with E-state index in [0.29, 0.717) is 13.2 Å². The molecular formula is C14H20O3. The van der Waals surface area contributed by atoms with Gasteiger partial charge in [0.15, 0.2) is 0 Å². The molecule has 1 N–H and O–H groups in total. The molecule has 0 amide bonds. The topological polar surface area (TPSA) is 38.7 Å². The van der Waals surface area contributed by atoms with Gasteiger partial charge in [0.1, 0.15) is 0 Å². The zero-order chi connectivity index (χ0) is 12.0. The average Bonchev–Trinajstić information content (AvgIpc) is 2.41. The van der Waals surface area contributed by atoms with Crippen LogP contribution in [0.1, 0.15) is 18.4 Å². The summed E-state index contributed by atoms with van der Waals surface area (Å²) in [6.07, 6.45) is 1.77. The second kappa shape index (κ2) is 6.15. The molecule has 0 spiro atoms. The Morgan fingerprint density at radius 3 is 2.53 bits per heavy atom. The Kier molecular flexibility index (Phi) is 4.54. The van der Waals surface area contributed by atoms with Crippen LogP contribution in [0.5, 0.6) is 0 Å². The van der Waals surface area contributed by atoms with Crippen LogP contribution >= 0.6 is 0 Å². The molecule has 2 rings (SSSR count). The fraction of sp³-hybridized carbons (Fsp3) is 0.571. The summed E-state index contributed by atoms with van der Waals surface area (Å²) >= 11 is 0. The molecule has 3 nitrogen and oxygen atoms in total. The van der Waals surface area contributed by atoms with Crippen LogP contribution in [-0.2, 0) is 16.1 Å². The third-order valence-corrected chi connectivity index (χ3v) is 3.41. The van der Waals surface area contributed by atoms with Gasteiger partial charge >= 0.3 is 0 Å². The fourth-order valence-corrected chi connectivity index (χ4v) is 2.11. The molecule has 0 aliphatic carbocycles. The van der Waals surface area contributed by atoms with E-state index in [-0.39, 0.29) is 12.0 Å². The Hall–Kier alpha value is -0.900. The molecule has 3 heteroatoms. The van der Waals surface area contributed by atoms with E-state index in [4.69, 9.17) is 9.47 Å². The van der Waals surface area contributed by atoms with Crippen molar-refractivity contribution < 1.29 is 14.6 Å². The Morgan fingerprint density at radius 1 is 1.18 bits per heavy atom. The van der Waals surface area contributed by atoms with Crippen LogP contribution in [0.2, 0.25) is 0 Å². The van der Waals surface area contributed by atoms with E-state index in [1.807, 2.05) is 18.2 Å². The highest BCUT2D eigenvalue weighted by Crippen LogP contribution is 2.30. The van der Waals surface area contributed by atoms with Crippen molar-refractivity contribution in [2.24, 2.45) is 5.41 Å². The number of hydrogen-bond donors (Lipinski definition) is 1. The van der Waals surface area contributed by atoms with Gasteiger partial charge in [-0.25, -0.2) is 0 Å². The van der Waals surface area contributed by atoms with Crippen molar-refractivity contribution in [2.45, 2.75) is 19.4 Å². The number of aliphatic hydroxyl groups excluding tert-OH is 1. The third kappa shape index (κ3) is 3.53. The van der Waals surface area contributed by atoms with Crippen molar-refractivity contribution >= 4 is 0 Å². The van der Waals surface area contributed by atoms with Crippen LogP contribution < -0.4 is 0 Å². The van der Waals surface area contributed by atoms with E-state index < -0.39 is 0 Å². The van der Waals surface area contributed by atoms with E-state index >= 15 is 0 Å². The molecule has 0 unspecified atom stereocenters. The van der Waals surface area contributed by atoms with Crippen molar-refractivity contribution in [1.29, 1.82) is 0 Å². The summed E-state index contributed by atoms with van der Waals surface area (Å²) in [6, 6.07) is 10.1. The summed E-state index contributed by atoms with van der Waals surface area (Å²) in [5.41, 5.74) is 1.08. The van der Waals surface area contributed by atoms with Gasteiger partial charge in [0, 0.05) is 18.6 Å². The van der Waals surface area contributed by atoms with Gasteiger partial charge in [-0.3, -0.25) is 0 Å². The molecule has 1 aromatic rings. The van der Waals surface area contributed by atoms with Crippen LogP contribution in [0, 0.1) is 5.41 Å². The highest BCUT2D eigenvalue weighted by atomic mass is 16.5. The molecule has 1 aliphatic rings. The molecule has 1 heterocycles. The molecule has 1 saturated heterocycles. The van der Waals surface area contributed by atoms with E-state index in [1.165, 1.54) is 5.56 Å². The lowest BCUT2D eigenvalue weighted by molar-refractivity contribution is -0.0688.